The molecule has 0 amide bonds. The monoisotopic (exact) mass is 202 g/mol. The van der Waals surface area contributed by atoms with Gasteiger partial charge in [0.05, 0.1) is 27.3 Å². The van der Waals surface area contributed by atoms with Crippen LogP contribution in [0, 0.1) is 6.92 Å². The first-order valence-electron chi connectivity index (χ1n) is 4.29. The number of nitrogens with zero attached hydrogens (tertiary/aromatic N) is 1. The predicted molar refractivity (Wildman–Crippen MR) is 50.4 cm³/mol. The first kappa shape index (κ1) is 12.9. The first-order chi connectivity index (χ1) is 6.63. The summed E-state index contributed by atoms with van der Waals surface area (Å²) in [5, 5.41) is 0. The molecule has 0 rings (SSSR count). The van der Waals surface area contributed by atoms with Gasteiger partial charge < -0.3 is 9.47 Å². The summed E-state index contributed by atoms with van der Waals surface area (Å²) in [6.07, 6.45) is 0.619. The van der Waals surface area contributed by atoms with Crippen LogP contribution in [0.5, 0.6) is 0 Å². The Morgan fingerprint density at radius 3 is 1.86 bits per heavy atom. The van der Waals surface area contributed by atoms with E-state index in [1.165, 1.54) is 14.2 Å². The van der Waals surface area contributed by atoms with Crippen LogP contribution in [0.4, 0.5) is 0 Å². The molecule has 0 bridgehead atoms. The van der Waals surface area contributed by atoms with Crippen LogP contribution in [0.1, 0.15) is 6.42 Å². The summed E-state index contributed by atoms with van der Waals surface area (Å²) in [6.45, 7) is 4.37. The van der Waals surface area contributed by atoms with Crippen molar-refractivity contribution in [3.05, 3.63) is 6.92 Å². The van der Waals surface area contributed by atoms with Gasteiger partial charge in [0.1, 0.15) is 0 Å². The lowest BCUT2D eigenvalue weighted by Crippen LogP contribution is -2.36. The maximum Gasteiger partial charge on any atom is 0.319 e. The fourth-order valence-electron chi connectivity index (χ4n) is 0.932. The molecule has 0 heterocycles. The largest absolute Gasteiger partial charge is 0.468 e. The number of ether oxygens (including phenoxy) is 2. The number of esters is 2. The molecule has 0 atom stereocenters. The Balaban J connectivity index is 4.00. The van der Waals surface area contributed by atoms with Crippen LogP contribution >= 0.6 is 0 Å². The number of carbonyl (C=O) groups is 2. The van der Waals surface area contributed by atoms with E-state index in [0.29, 0.717) is 13.0 Å². The van der Waals surface area contributed by atoms with Crippen molar-refractivity contribution in [3.8, 4) is 0 Å². The normalized spacial score (nSPS) is 10.0. The SMILES string of the molecule is [CH2]CCN(CC(=O)OC)CC(=O)OC. The Bertz CT molecular complexity index is 175. The third-order valence-corrected chi connectivity index (χ3v) is 1.64. The highest BCUT2D eigenvalue weighted by Gasteiger charge is 2.13. The molecule has 0 saturated carbocycles. The fourth-order valence-corrected chi connectivity index (χ4v) is 0.932. The Labute approximate surface area is 84.0 Å². The van der Waals surface area contributed by atoms with Crippen molar-refractivity contribution in [3.63, 3.8) is 0 Å². The van der Waals surface area contributed by atoms with Gasteiger partial charge in [-0.2, -0.15) is 0 Å². The summed E-state index contributed by atoms with van der Waals surface area (Å²) >= 11 is 0. The fraction of sp³-hybridized carbons (Fsp3) is 0.667. The van der Waals surface area contributed by atoms with Crippen molar-refractivity contribution in [1.82, 2.24) is 4.90 Å². The topological polar surface area (TPSA) is 55.8 Å². The average molecular weight is 202 g/mol. The zero-order chi connectivity index (χ0) is 11.0. The van der Waals surface area contributed by atoms with E-state index in [1.807, 2.05) is 0 Å². The van der Waals surface area contributed by atoms with E-state index in [9.17, 15) is 9.59 Å². The van der Waals surface area contributed by atoms with E-state index in [4.69, 9.17) is 0 Å². The molecule has 0 spiro atoms. The molecule has 5 nitrogen and oxygen atoms in total. The second kappa shape index (κ2) is 7.32. The molecule has 1 radical (unpaired) electrons. The lowest BCUT2D eigenvalue weighted by atomic mass is 10.4. The molecule has 0 aromatic carbocycles. The zero-order valence-corrected chi connectivity index (χ0v) is 8.62. The van der Waals surface area contributed by atoms with Gasteiger partial charge in [-0.15, -0.1) is 0 Å². The summed E-state index contributed by atoms with van der Waals surface area (Å²) < 4.78 is 8.98. The van der Waals surface area contributed by atoms with Crippen LogP contribution < -0.4 is 0 Å². The molecule has 0 aliphatic heterocycles. The smallest absolute Gasteiger partial charge is 0.319 e. The number of rotatable bonds is 6. The highest BCUT2D eigenvalue weighted by Crippen LogP contribution is 1.93. The predicted octanol–water partition coefficient (Wildman–Crippen LogP) is -0.141. The molecular weight excluding hydrogens is 186 g/mol. The molecule has 0 aromatic heterocycles. The van der Waals surface area contributed by atoms with Crippen LogP contribution in [0.2, 0.25) is 0 Å². The minimum absolute atomic E-state index is 0.0844. The molecule has 14 heavy (non-hydrogen) atoms. The van der Waals surface area contributed by atoms with Crippen molar-refractivity contribution < 1.29 is 19.1 Å². The van der Waals surface area contributed by atoms with Crippen molar-refractivity contribution in [2.45, 2.75) is 6.42 Å². The molecule has 0 fully saturated rings. The Morgan fingerprint density at radius 1 is 1.14 bits per heavy atom. The van der Waals surface area contributed by atoms with Gasteiger partial charge in [0.2, 0.25) is 0 Å². The average Bonchev–Trinajstić information content (AvgIpc) is 2.17. The molecule has 5 heteroatoms. The standard InChI is InChI=1S/C9H16NO4/c1-4-5-10(6-8(11)13-2)7-9(12)14-3/h1,4-7H2,2-3H3. The van der Waals surface area contributed by atoms with Gasteiger partial charge >= 0.3 is 11.9 Å². The molecule has 0 aromatic rings. The lowest BCUT2D eigenvalue weighted by molar-refractivity contribution is -0.145. The first-order valence-corrected chi connectivity index (χ1v) is 4.29. The van der Waals surface area contributed by atoms with Crippen molar-refractivity contribution in [2.24, 2.45) is 0 Å². The lowest BCUT2D eigenvalue weighted by Gasteiger charge is -2.18. The number of carbonyl (C=O) groups excluding carboxylic acids is 2. The Morgan fingerprint density at radius 2 is 1.57 bits per heavy atom. The third kappa shape index (κ3) is 5.53. The zero-order valence-electron chi connectivity index (χ0n) is 8.62. The van der Waals surface area contributed by atoms with Crippen LogP contribution in [0.15, 0.2) is 0 Å². The van der Waals surface area contributed by atoms with Gasteiger partial charge in [0, 0.05) is 0 Å². The van der Waals surface area contributed by atoms with Gasteiger partial charge in [-0.3, -0.25) is 14.5 Å². The van der Waals surface area contributed by atoms with E-state index < -0.39 is 0 Å². The minimum Gasteiger partial charge on any atom is -0.468 e. The van der Waals surface area contributed by atoms with Gasteiger partial charge in [-0.25, -0.2) is 0 Å². The summed E-state index contributed by atoms with van der Waals surface area (Å²) in [5.41, 5.74) is 0. The maximum absolute atomic E-state index is 10.9. The van der Waals surface area contributed by atoms with E-state index in [1.54, 1.807) is 4.90 Å². The molecule has 0 unspecified atom stereocenters. The molecule has 0 aliphatic rings. The maximum atomic E-state index is 10.9. The minimum atomic E-state index is -0.373. The Hall–Kier alpha value is -1.10. The molecule has 81 valence electrons. The van der Waals surface area contributed by atoms with Crippen molar-refractivity contribution in [1.29, 1.82) is 0 Å². The number of hydrogen-bond donors (Lipinski definition) is 0. The van der Waals surface area contributed by atoms with E-state index in [0.717, 1.165) is 0 Å². The van der Waals surface area contributed by atoms with Crippen LogP contribution in [0.3, 0.4) is 0 Å². The second-order valence-corrected chi connectivity index (χ2v) is 2.72. The van der Waals surface area contributed by atoms with Crippen LogP contribution in [-0.2, 0) is 19.1 Å². The van der Waals surface area contributed by atoms with E-state index >= 15 is 0 Å². The summed E-state index contributed by atoms with van der Waals surface area (Å²) in [5.74, 6) is -0.746. The van der Waals surface area contributed by atoms with Gasteiger partial charge in [0.15, 0.2) is 0 Å². The van der Waals surface area contributed by atoms with Gasteiger partial charge in [-0.1, -0.05) is 6.92 Å². The highest BCUT2D eigenvalue weighted by molar-refractivity contribution is 5.74. The van der Waals surface area contributed by atoms with Crippen molar-refractivity contribution in [2.75, 3.05) is 33.9 Å². The molecular formula is C9H16NO4. The van der Waals surface area contributed by atoms with Gasteiger partial charge in [-0.05, 0) is 13.0 Å². The highest BCUT2D eigenvalue weighted by atomic mass is 16.5. The van der Waals surface area contributed by atoms with E-state index in [-0.39, 0.29) is 25.0 Å². The van der Waals surface area contributed by atoms with Crippen LogP contribution in [-0.4, -0.2) is 50.7 Å². The Kier molecular flexibility index (Phi) is 6.74. The summed E-state index contributed by atoms with van der Waals surface area (Å²) in [4.78, 5) is 23.5. The number of methoxy groups -OCH3 is 2. The van der Waals surface area contributed by atoms with Crippen LogP contribution in [0.25, 0.3) is 0 Å². The summed E-state index contributed by atoms with van der Waals surface area (Å²) in [7, 11) is 2.62. The molecule has 0 aliphatic carbocycles. The summed E-state index contributed by atoms with van der Waals surface area (Å²) in [6, 6.07) is 0. The van der Waals surface area contributed by atoms with Gasteiger partial charge in [0.25, 0.3) is 0 Å². The second-order valence-electron chi connectivity index (χ2n) is 2.72. The molecule has 0 saturated heterocycles. The number of hydrogen-bond acceptors (Lipinski definition) is 5. The molecule has 0 N–H and O–H groups in total. The third-order valence-electron chi connectivity index (χ3n) is 1.64. The quantitative estimate of drug-likeness (QED) is 0.561. The van der Waals surface area contributed by atoms with E-state index in [2.05, 4.69) is 16.4 Å². The van der Waals surface area contributed by atoms with Crippen molar-refractivity contribution >= 4 is 11.9 Å².